The molecule has 1 amide bonds. The van der Waals surface area contributed by atoms with Crippen LogP contribution in [0.25, 0.3) is 6.08 Å². The number of amides is 1. The second-order valence-electron chi connectivity index (χ2n) is 5.27. The summed E-state index contributed by atoms with van der Waals surface area (Å²) in [5.41, 5.74) is 0.669. The largest absolute Gasteiger partial charge is 0.493 e. The quantitative estimate of drug-likeness (QED) is 0.375. The van der Waals surface area contributed by atoms with Gasteiger partial charge in [-0.1, -0.05) is 23.4 Å². The van der Waals surface area contributed by atoms with Crippen LogP contribution in [-0.4, -0.2) is 25.9 Å². The van der Waals surface area contributed by atoms with Gasteiger partial charge in [-0.25, -0.2) is 0 Å². The molecule has 1 N–H and O–H groups in total. The van der Waals surface area contributed by atoms with E-state index in [1.54, 1.807) is 6.07 Å². The SMILES string of the molecule is COc1cc(C=C(C#N)C(=O)Nc2ccc(SC(F)F)cc2)cc(Cl)c1OC. The minimum Gasteiger partial charge on any atom is -0.493 e. The normalized spacial score (nSPS) is 11.1. The van der Waals surface area contributed by atoms with Crippen molar-refractivity contribution >= 4 is 41.0 Å². The lowest BCUT2D eigenvalue weighted by molar-refractivity contribution is -0.112. The van der Waals surface area contributed by atoms with E-state index >= 15 is 0 Å². The Morgan fingerprint density at radius 3 is 2.46 bits per heavy atom. The smallest absolute Gasteiger partial charge is 0.288 e. The van der Waals surface area contributed by atoms with Crippen molar-refractivity contribution in [2.45, 2.75) is 10.7 Å². The lowest BCUT2D eigenvalue weighted by Crippen LogP contribution is -2.13. The van der Waals surface area contributed by atoms with Gasteiger partial charge in [-0.05, 0) is 48.0 Å². The van der Waals surface area contributed by atoms with Crippen LogP contribution in [0.4, 0.5) is 14.5 Å². The zero-order chi connectivity index (χ0) is 20.7. The van der Waals surface area contributed by atoms with Crippen molar-refractivity contribution in [1.29, 1.82) is 5.26 Å². The maximum atomic E-state index is 12.4. The molecular weight excluding hydrogens is 410 g/mol. The number of methoxy groups -OCH3 is 2. The summed E-state index contributed by atoms with van der Waals surface area (Å²) in [7, 11) is 2.88. The van der Waals surface area contributed by atoms with Gasteiger partial charge in [0, 0.05) is 10.6 Å². The highest BCUT2D eigenvalue weighted by atomic mass is 35.5. The first-order valence-electron chi connectivity index (χ1n) is 7.77. The van der Waals surface area contributed by atoms with Crippen molar-refractivity contribution in [3.63, 3.8) is 0 Å². The van der Waals surface area contributed by atoms with Crippen LogP contribution in [0, 0.1) is 11.3 Å². The number of alkyl halides is 2. The number of thioether (sulfide) groups is 1. The van der Waals surface area contributed by atoms with E-state index in [9.17, 15) is 18.8 Å². The minimum absolute atomic E-state index is 0.172. The number of benzene rings is 2. The Labute approximate surface area is 169 Å². The second kappa shape index (κ2) is 9.97. The zero-order valence-corrected chi connectivity index (χ0v) is 16.4. The van der Waals surface area contributed by atoms with Gasteiger partial charge in [0.05, 0.1) is 19.2 Å². The molecule has 9 heteroatoms. The lowest BCUT2D eigenvalue weighted by Gasteiger charge is -2.10. The molecule has 0 bridgehead atoms. The molecule has 0 aliphatic carbocycles. The van der Waals surface area contributed by atoms with Crippen LogP contribution in [-0.2, 0) is 4.79 Å². The van der Waals surface area contributed by atoms with Crippen LogP contribution in [0.2, 0.25) is 5.02 Å². The fourth-order valence-corrected chi connectivity index (χ4v) is 3.05. The molecule has 0 spiro atoms. The highest BCUT2D eigenvalue weighted by Gasteiger charge is 2.14. The number of hydrogen-bond donors (Lipinski definition) is 1. The second-order valence-corrected chi connectivity index (χ2v) is 6.74. The van der Waals surface area contributed by atoms with Crippen molar-refractivity contribution in [2.24, 2.45) is 0 Å². The average molecular weight is 425 g/mol. The number of carbonyl (C=O) groups is 1. The highest BCUT2D eigenvalue weighted by Crippen LogP contribution is 2.36. The maximum absolute atomic E-state index is 12.4. The van der Waals surface area contributed by atoms with Crippen molar-refractivity contribution in [1.82, 2.24) is 0 Å². The molecule has 0 atom stereocenters. The van der Waals surface area contributed by atoms with Crippen LogP contribution >= 0.6 is 23.4 Å². The number of hydrogen-bond acceptors (Lipinski definition) is 5. The van der Waals surface area contributed by atoms with E-state index in [0.29, 0.717) is 39.4 Å². The standard InChI is InChI=1S/C19H15ClF2N2O3S/c1-26-16-9-11(8-15(20)17(16)27-2)7-12(10-23)18(25)24-13-3-5-14(6-4-13)28-19(21)22/h3-9,19H,1-2H3,(H,24,25). The molecule has 2 rings (SSSR count). The van der Waals surface area contributed by atoms with Gasteiger partial charge in [-0.3, -0.25) is 4.79 Å². The molecule has 0 radical (unpaired) electrons. The first-order valence-corrected chi connectivity index (χ1v) is 9.03. The Morgan fingerprint density at radius 1 is 1.25 bits per heavy atom. The molecule has 0 saturated heterocycles. The molecule has 146 valence electrons. The Morgan fingerprint density at radius 2 is 1.93 bits per heavy atom. The van der Waals surface area contributed by atoms with E-state index in [-0.39, 0.29) is 10.6 Å². The van der Waals surface area contributed by atoms with Gasteiger partial charge in [0.25, 0.3) is 11.7 Å². The van der Waals surface area contributed by atoms with Crippen molar-refractivity contribution in [3.05, 3.63) is 52.6 Å². The minimum atomic E-state index is -2.53. The number of nitriles is 1. The highest BCUT2D eigenvalue weighted by molar-refractivity contribution is 7.99. The monoisotopic (exact) mass is 424 g/mol. The number of ether oxygens (including phenoxy) is 2. The van der Waals surface area contributed by atoms with Gasteiger partial charge in [-0.2, -0.15) is 14.0 Å². The first-order chi connectivity index (χ1) is 13.4. The molecule has 2 aromatic rings. The maximum Gasteiger partial charge on any atom is 0.288 e. The van der Waals surface area contributed by atoms with Crippen molar-refractivity contribution in [3.8, 4) is 17.6 Å². The predicted molar refractivity (Wildman–Crippen MR) is 105 cm³/mol. The van der Waals surface area contributed by atoms with E-state index in [4.69, 9.17) is 21.1 Å². The zero-order valence-electron chi connectivity index (χ0n) is 14.8. The molecule has 5 nitrogen and oxygen atoms in total. The summed E-state index contributed by atoms with van der Waals surface area (Å²) >= 11 is 6.53. The summed E-state index contributed by atoms with van der Waals surface area (Å²) in [5.74, 6) is -2.48. The molecule has 28 heavy (non-hydrogen) atoms. The van der Waals surface area contributed by atoms with Gasteiger partial charge >= 0.3 is 0 Å². The Kier molecular flexibility index (Phi) is 7.67. The first kappa shape index (κ1) is 21.5. The van der Waals surface area contributed by atoms with Gasteiger partial charge < -0.3 is 14.8 Å². The number of rotatable bonds is 7. The van der Waals surface area contributed by atoms with Crippen LogP contribution in [0.1, 0.15) is 5.56 Å². The fourth-order valence-electron chi connectivity index (χ4n) is 2.25. The van der Waals surface area contributed by atoms with Gasteiger partial charge in [-0.15, -0.1) is 0 Å². The summed E-state index contributed by atoms with van der Waals surface area (Å²) in [6.07, 6.45) is 1.35. The third-order valence-corrected chi connectivity index (χ3v) is 4.47. The summed E-state index contributed by atoms with van der Waals surface area (Å²) in [6.45, 7) is 0. The summed E-state index contributed by atoms with van der Waals surface area (Å²) < 4.78 is 35.0. The Balaban J connectivity index is 2.21. The fraction of sp³-hybridized carbons (Fsp3) is 0.158. The molecular formula is C19H15ClF2N2O3S. The van der Waals surface area contributed by atoms with E-state index in [1.807, 2.05) is 6.07 Å². The molecule has 0 fully saturated rings. The molecule has 0 aliphatic rings. The lowest BCUT2D eigenvalue weighted by atomic mass is 10.1. The van der Waals surface area contributed by atoms with Crippen LogP contribution in [0.3, 0.4) is 0 Å². The molecule has 0 unspecified atom stereocenters. The third-order valence-electron chi connectivity index (χ3n) is 3.47. The third kappa shape index (κ3) is 5.62. The molecule has 0 aliphatic heterocycles. The van der Waals surface area contributed by atoms with E-state index in [1.165, 1.54) is 50.6 Å². The van der Waals surface area contributed by atoms with Gasteiger partial charge in [0.2, 0.25) is 0 Å². The van der Waals surface area contributed by atoms with Crippen molar-refractivity contribution in [2.75, 3.05) is 19.5 Å². The summed E-state index contributed by atoms with van der Waals surface area (Å²) in [4.78, 5) is 12.7. The average Bonchev–Trinajstić information content (AvgIpc) is 2.66. The van der Waals surface area contributed by atoms with E-state index < -0.39 is 11.7 Å². The summed E-state index contributed by atoms with van der Waals surface area (Å²) in [5, 5.41) is 12.1. The van der Waals surface area contributed by atoms with Gasteiger partial charge in [0.15, 0.2) is 11.5 Å². The molecule has 0 aromatic heterocycles. The van der Waals surface area contributed by atoms with Crippen LogP contribution in [0.5, 0.6) is 11.5 Å². The van der Waals surface area contributed by atoms with Crippen LogP contribution < -0.4 is 14.8 Å². The molecule has 0 saturated carbocycles. The van der Waals surface area contributed by atoms with E-state index in [0.717, 1.165) is 0 Å². The van der Waals surface area contributed by atoms with Crippen LogP contribution in [0.15, 0.2) is 46.9 Å². The predicted octanol–water partition coefficient (Wildman–Crippen LogP) is 5.22. The summed E-state index contributed by atoms with van der Waals surface area (Å²) in [6, 6.07) is 10.8. The number of nitrogens with one attached hydrogen (secondary N) is 1. The van der Waals surface area contributed by atoms with Gasteiger partial charge in [0.1, 0.15) is 11.6 Å². The number of carbonyl (C=O) groups excluding carboxylic acids is 1. The number of nitrogens with zero attached hydrogens (tertiary/aromatic N) is 1. The Bertz CT molecular complexity index is 928. The van der Waals surface area contributed by atoms with E-state index in [2.05, 4.69) is 5.32 Å². The topological polar surface area (TPSA) is 71.3 Å². The molecule has 0 heterocycles. The number of halogens is 3. The number of anilines is 1. The Hall–Kier alpha value is -2.76. The molecule has 2 aromatic carbocycles. The van der Waals surface area contributed by atoms with Crippen molar-refractivity contribution < 1.29 is 23.0 Å².